The van der Waals surface area contributed by atoms with Crippen LogP contribution >= 0.6 is 0 Å². The lowest BCUT2D eigenvalue weighted by atomic mass is 9.63. The number of ether oxygens (including phenoxy) is 1. The molecule has 1 fully saturated rings. The summed E-state index contributed by atoms with van der Waals surface area (Å²) in [6.45, 7) is 9.10. The number of nitrogens with zero attached hydrogens (tertiary/aromatic N) is 2. The van der Waals surface area contributed by atoms with E-state index in [-0.39, 0.29) is 22.5 Å². The molecule has 2 aromatic rings. The van der Waals surface area contributed by atoms with Crippen molar-refractivity contribution in [1.29, 1.82) is 0 Å². The van der Waals surface area contributed by atoms with Crippen LogP contribution in [-0.2, 0) is 0 Å². The predicted molar refractivity (Wildman–Crippen MR) is 120 cm³/mol. The van der Waals surface area contributed by atoms with Gasteiger partial charge in [-0.1, -0.05) is 20.8 Å². The molecule has 0 bridgehead atoms. The van der Waals surface area contributed by atoms with Crippen molar-refractivity contribution in [2.24, 2.45) is 15.8 Å². The van der Waals surface area contributed by atoms with Crippen molar-refractivity contribution in [3.8, 4) is 17.3 Å². The molecule has 1 aromatic heterocycles. The number of aliphatic hydroxyl groups is 1. The number of hydrogen-bond donors (Lipinski definition) is 3. The summed E-state index contributed by atoms with van der Waals surface area (Å²) in [5, 5.41) is 20.9. The average Bonchev–Trinajstić information content (AvgIpc) is 2.64. The summed E-state index contributed by atoms with van der Waals surface area (Å²) < 4.78 is 6.42. The molecular weight excluding hydrogens is 398 g/mol. The van der Waals surface area contributed by atoms with Crippen molar-refractivity contribution in [1.82, 2.24) is 9.55 Å². The van der Waals surface area contributed by atoms with Crippen LogP contribution in [0.3, 0.4) is 0 Å². The van der Waals surface area contributed by atoms with Crippen molar-refractivity contribution in [3.63, 3.8) is 0 Å². The van der Waals surface area contributed by atoms with E-state index in [9.17, 15) is 19.8 Å². The molecule has 8 nitrogen and oxygen atoms in total. The first kappa shape index (κ1) is 22.8. The van der Waals surface area contributed by atoms with Gasteiger partial charge >= 0.3 is 5.69 Å². The van der Waals surface area contributed by atoms with E-state index in [1.54, 1.807) is 24.3 Å². The number of hydrogen-bond acceptors (Lipinski definition) is 6. The normalized spacial score (nSPS) is 23.2. The number of aliphatic imine (C=N–C) groups is 1. The van der Waals surface area contributed by atoms with Crippen LogP contribution in [0.25, 0.3) is 5.69 Å². The first-order valence-electron chi connectivity index (χ1n) is 10.5. The Balaban J connectivity index is 1.89. The third-order valence-electron chi connectivity index (χ3n) is 5.64. The Labute approximate surface area is 181 Å². The Morgan fingerprint density at radius 1 is 1.23 bits per heavy atom. The summed E-state index contributed by atoms with van der Waals surface area (Å²) in [6, 6.07) is 6.61. The number of aromatic nitrogens is 2. The second-order valence-corrected chi connectivity index (χ2v) is 9.44. The molecular formula is C23H31N3O5. The molecule has 31 heavy (non-hydrogen) atoms. The number of aromatic hydroxyl groups is 1. The van der Waals surface area contributed by atoms with E-state index in [4.69, 9.17) is 4.74 Å². The van der Waals surface area contributed by atoms with Crippen molar-refractivity contribution in [2.75, 3.05) is 13.2 Å². The molecule has 1 aromatic carbocycles. The van der Waals surface area contributed by atoms with E-state index in [1.807, 2.05) is 6.92 Å². The summed E-state index contributed by atoms with van der Waals surface area (Å²) in [7, 11) is 0. The highest BCUT2D eigenvalue weighted by Gasteiger charge is 2.40. The van der Waals surface area contributed by atoms with Gasteiger partial charge in [0, 0.05) is 12.8 Å². The molecule has 3 N–H and O–H groups in total. The minimum absolute atomic E-state index is 0.00241. The van der Waals surface area contributed by atoms with Gasteiger partial charge in [-0.15, -0.1) is 0 Å². The number of nitrogens with one attached hydrogen (secondary N) is 1. The zero-order valence-electron chi connectivity index (χ0n) is 18.5. The van der Waals surface area contributed by atoms with Gasteiger partial charge in [-0.25, -0.2) is 9.36 Å². The van der Waals surface area contributed by atoms with Crippen LogP contribution in [0.1, 0.15) is 52.5 Å². The Morgan fingerprint density at radius 3 is 2.52 bits per heavy atom. The molecule has 1 heterocycles. The van der Waals surface area contributed by atoms with Crippen LogP contribution < -0.4 is 16.0 Å². The second-order valence-electron chi connectivity index (χ2n) is 9.44. The van der Waals surface area contributed by atoms with Crippen LogP contribution in [0, 0.1) is 10.8 Å². The molecule has 3 rings (SSSR count). The zero-order chi connectivity index (χ0) is 22.8. The first-order valence-corrected chi connectivity index (χ1v) is 10.5. The highest BCUT2D eigenvalue weighted by Crippen LogP contribution is 2.46. The van der Waals surface area contributed by atoms with Crippen molar-refractivity contribution in [2.45, 2.75) is 53.1 Å². The number of aromatic amines is 1. The van der Waals surface area contributed by atoms with E-state index >= 15 is 0 Å². The fraction of sp³-hybridized carbons (Fsp3) is 0.522. The molecule has 8 heteroatoms. The number of aliphatic hydroxyl groups excluding tert-OH is 1. The summed E-state index contributed by atoms with van der Waals surface area (Å²) in [4.78, 5) is 31.3. The molecule has 0 saturated heterocycles. The lowest BCUT2D eigenvalue weighted by molar-refractivity contribution is -0.00472. The molecule has 0 spiro atoms. The Hall–Kier alpha value is -2.87. The summed E-state index contributed by atoms with van der Waals surface area (Å²) in [6.07, 6.45) is 3.18. The highest BCUT2D eigenvalue weighted by atomic mass is 16.5. The van der Waals surface area contributed by atoms with Crippen LogP contribution in [-0.4, -0.2) is 45.2 Å². The Bertz CT molecular complexity index is 1070. The third kappa shape index (κ3) is 5.25. The molecule has 0 aliphatic heterocycles. The molecule has 0 amide bonds. The second kappa shape index (κ2) is 8.70. The molecule has 1 saturated carbocycles. The molecule has 1 aliphatic rings. The van der Waals surface area contributed by atoms with Gasteiger partial charge in [0.15, 0.2) is 0 Å². The van der Waals surface area contributed by atoms with Gasteiger partial charge in [-0.2, -0.15) is 0 Å². The number of H-pyrrole nitrogens is 1. The van der Waals surface area contributed by atoms with Crippen LogP contribution in [0.5, 0.6) is 11.6 Å². The minimum atomic E-state index is -0.743. The van der Waals surface area contributed by atoms with Crippen molar-refractivity contribution < 1.29 is 14.9 Å². The van der Waals surface area contributed by atoms with Gasteiger partial charge in [0.25, 0.3) is 5.56 Å². The van der Waals surface area contributed by atoms with Gasteiger partial charge in [0.05, 0.1) is 18.4 Å². The van der Waals surface area contributed by atoms with Crippen LogP contribution in [0.2, 0.25) is 0 Å². The summed E-state index contributed by atoms with van der Waals surface area (Å²) in [5.74, 6) is 0.159. The average molecular weight is 430 g/mol. The standard InChI is InChI=1S/C23H31N3O5/c1-5-31-17-8-6-15(7-9-17)26-20(29)18(19(28)25-21(26)30)12-24-14-23(4)11-16(27)10-22(2,3)13-23/h6-9,12,16,27,29H,5,10-11,13-14H2,1-4H3,(H,25,28,30)/t16-,23-/m1/s1. The zero-order valence-corrected chi connectivity index (χ0v) is 18.5. The Morgan fingerprint density at radius 2 is 1.90 bits per heavy atom. The highest BCUT2D eigenvalue weighted by molar-refractivity contribution is 5.82. The van der Waals surface area contributed by atoms with Crippen molar-refractivity contribution in [3.05, 3.63) is 50.7 Å². The molecule has 2 atom stereocenters. The first-order chi connectivity index (χ1) is 14.5. The van der Waals surface area contributed by atoms with E-state index in [2.05, 4.69) is 30.7 Å². The molecule has 0 radical (unpaired) electrons. The van der Waals surface area contributed by atoms with E-state index in [0.717, 1.165) is 17.4 Å². The van der Waals surface area contributed by atoms with Gasteiger partial charge in [-0.05, 0) is 61.3 Å². The van der Waals surface area contributed by atoms with E-state index in [1.165, 1.54) is 6.21 Å². The quantitative estimate of drug-likeness (QED) is 0.610. The van der Waals surface area contributed by atoms with Crippen LogP contribution in [0.15, 0.2) is 38.8 Å². The molecule has 1 aliphatic carbocycles. The van der Waals surface area contributed by atoms with E-state index < -0.39 is 17.1 Å². The van der Waals surface area contributed by atoms with Gasteiger partial charge in [0.1, 0.15) is 11.3 Å². The fourth-order valence-electron chi connectivity index (χ4n) is 4.81. The minimum Gasteiger partial charge on any atom is -0.494 e. The van der Waals surface area contributed by atoms with Crippen LogP contribution in [0.4, 0.5) is 0 Å². The maximum absolute atomic E-state index is 12.3. The SMILES string of the molecule is CCOc1ccc(-n2c(O)c(C=NC[C@]3(C)C[C@H](O)CC(C)(C)C3)c(=O)[nH]c2=O)cc1. The Kier molecular flexibility index (Phi) is 6.40. The van der Waals surface area contributed by atoms with Crippen molar-refractivity contribution >= 4 is 6.21 Å². The lowest BCUT2D eigenvalue weighted by Gasteiger charge is -2.44. The van der Waals surface area contributed by atoms with Gasteiger partial charge < -0.3 is 14.9 Å². The summed E-state index contributed by atoms with van der Waals surface area (Å²) >= 11 is 0. The lowest BCUT2D eigenvalue weighted by Crippen LogP contribution is -2.40. The maximum atomic E-state index is 12.3. The molecule has 0 unspecified atom stereocenters. The van der Waals surface area contributed by atoms with Gasteiger partial charge in [-0.3, -0.25) is 14.8 Å². The van der Waals surface area contributed by atoms with Gasteiger partial charge in [0.2, 0.25) is 5.88 Å². The third-order valence-corrected chi connectivity index (χ3v) is 5.64. The monoisotopic (exact) mass is 429 g/mol. The fourth-order valence-corrected chi connectivity index (χ4v) is 4.81. The largest absolute Gasteiger partial charge is 0.494 e. The maximum Gasteiger partial charge on any atom is 0.335 e. The van der Waals surface area contributed by atoms with E-state index in [0.29, 0.717) is 31.0 Å². The summed E-state index contributed by atoms with van der Waals surface area (Å²) in [5.41, 5.74) is -1.37. The smallest absolute Gasteiger partial charge is 0.335 e. The topological polar surface area (TPSA) is 117 Å². The number of benzene rings is 1. The number of rotatable bonds is 6. The molecule has 168 valence electrons. The predicted octanol–water partition coefficient (Wildman–Crippen LogP) is 2.63.